The lowest BCUT2D eigenvalue weighted by atomic mass is 9.99. The second-order valence-corrected chi connectivity index (χ2v) is 19.7. The number of hydrogen-bond acceptors (Lipinski definition) is 9. The van der Waals surface area contributed by atoms with Gasteiger partial charge >= 0.3 is 5.97 Å². The molecule has 0 bridgehead atoms. The molecule has 1 fully saturated rings. The molecule has 6 atom stereocenters. The zero-order valence-corrected chi connectivity index (χ0v) is 43.2. The van der Waals surface area contributed by atoms with E-state index in [0.29, 0.717) is 13.0 Å². The molecule has 1 heterocycles. The third kappa shape index (κ3) is 38.5. The lowest BCUT2D eigenvalue weighted by Crippen LogP contribution is -2.59. The number of aliphatic hydroxyl groups excluding tert-OH is 4. The van der Waals surface area contributed by atoms with E-state index in [1.54, 1.807) is 0 Å². The van der Waals surface area contributed by atoms with E-state index >= 15 is 0 Å². The van der Waals surface area contributed by atoms with Crippen LogP contribution in [-0.2, 0) is 23.7 Å². The Kier molecular flexibility index (Phi) is 46.2. The van der Waals surface area contributed by atoms with Gasteiger partial charge in [0.05, 0.1) is 19.8 Å². The van der Waals surface area contributed by atoms with Gasteiger partial charge in [0.25, 0.3) is 0 Å². The fourth-order valence-corrected chi connectivity index (χ4v) is 8.94. The Hall–Kier alpha value is -1.33. The van der Waals surface area contributed by atoms with Gasteiger partial charge in [-0.1, -0.05) is 244 Å². The monoisotopic (exact) mass is 937 g/mol. The zero-order chi connectivity index (χ0) is 47.8. The average molecular weight is 937 g/mol. The molecule has 0 aromatic carbocycles. The van der Waals surface area contributed by atoms with Gasteiger partial charge in [0.15, 0.2) is 6.29 Å². The molecule has 1 saturated heterocycles. The van der Waals surface area contributed by atoms with Crippen LogP contribution in [0.1, 0.15) is 271 Å². The number of ether oxygens (including phenoxy) is 4. The summed E-state index contributed by atoms with van der Waals surface area (Å²) in [6.45, 7) is 4.61. The van der Waals surface area contributed by atoms with Gasteiger partial charge in [0.2, 0.25) is 0 Å². The van der Waals surface area contributed by atoms with Crippen LogP contribution in [0.4, 0.5) is 0 Å². The van der Waals surface area contributed by atoms with Crippen molar-refractivity contribution >= 4 is 5.97 Å². The first kappa shape index (κ1) is 62.7. The van der Waals surface area contributed by atoms with Gasteiger partial charge in [0.1, 0.15) is 30.5 Å². The highest BCUT2D eigenvalue weighted by molar-refractivity contribution is 5.69. The van der Waals surface area contributed by atoms with Crippen molar-refractivity contribution in [2.24, 2.45) is 0 Å². The minimum atomic E-state index is -1.53. The van der Waals surface area contributed by atoms with Crippen LogP contribution in [0.25, 0.3) is 0 Å². The predicted octanol–water partition coefficient (Wildman–Crippen LogP) is 14.5. The summed E-state index contributed by atoms with van der Waals surface area (Å²) in [5, 5.41) is 40.3. The Labute approximate surface area is 407 Å². The van der Waals surface area contributed by atoms with E-state index in [0.717, 1.165) is 38.5 Å². The van der Waals surface area contributed by atoms with Crippen LogP contribution in [0.5, 0.6) is 0 Å². The van der Waals surface area contributed by atoms with Gasteiger partial charge < -0.3 is 39.4 Å². The van der Waals surface area contributed by atoms with E-state index in [-0.39, 0.29) is 19.2 Å². The van der Waals surface area contributed by atoms with Crippen LogP contribution in [0.15, 0.2) is 24.3 Å². The fourth-order valence-electron chi connectivity index (χ4n) is 8.94. The molecule has 0 radical (unpaired) electrons. The SMILES string of the molecule is CCCCCCC/C=C\C/C=C\CCCCCCCCCCCCCC(=O)OC(COCCCCCCCCCCCCCCCCCCCCCC)COC1OC(CO)C(O)C(O)C1O. The predicted molar refractivity (Wildman–Crippen MR) is 275 cm³/mol. The van der Waals surface area contributed by atoms with E-state index in [2.05, 4.69) is 38.2 Å². The Morgan fingerprint density at radius 3 is 1.30 bits per heavy atom. The Bertz CT molecular complexity index is 1070. The lowest BCUT2D eigenvalue weighted by molar-refractivity contribution is -0.305. The van der Waals surface area contributed by atoms with E-state index < -0.39 is 43.4 Å². The smallest absolute Gasteiger partial charge is 0.306 e. The molecule has 390 valence electrons. The van der Waals surface area contributed by atoms with Crippen LogP contribution in [0, 0.1) is 0 Å². The molecule has 0 amide bonds. The first-order valence-electron chi connectivity index (χ1n) is 28.4. The summed E-state index contributed by atoms with van der Waals surface area (Å²) in [7, 11) is 0. The molecule has 9 nitrogen and oxygen atoms in total. The maximum absolute atomic E-state index is 12.9. The van der Waals surface area contributed by atoms with Crippen molar-refractivity contribution in [2.45, 2.75) is 307 Å². The summed E-state index contributed by atoms with van der Waals surface area (Å²) in [6, 6.07) is 0. The summed E-state index contributed by atoms with van der Waals surface area (Å²) in [6.07, 6.45) is 52.2. The van der Waals surface area contributed by atoms with Gasteiger partial charge in [-0.25, -0.2) is 0 Å². The summed E-state index contributed by atoms with van der Waals surface area (Å²) >= 11 is 0. The topological polar surface area (TPSA) is 135 Å². The highest BCUT2D eigenvalue weighted by atomic mass is 16.7. The summed E-state index contributed by atoms with van der Waals surface area (Å²) in [5.41, 5.74) is 0. The number of hydrogen-bond donors (Lipinski definition) is 4. The second kappa shape index (κ2) is 48.7. The maximum atomic E-state index is 12.9. The average Bonchev–Trinajstić information content (AvgIpc) is 3.32. The van der Waals surface area contributed by atoms with Crippen LogP contribution < -0.4 is 0 Å². The normalized spacial score (nSPS) is 19.4. The van der Waals surface area contributed by atoms with Gasteiger partial charge in [-0.3, -0.25) is 4.79 Å². The molecule has 6 unspecified atom stereocenters. The maximum Gasteiger partial charge on any atom is 0.306 e. The number of carbonyl (C=O) groups excluding carboxylic acids is 1. The summed E-state index contributed by atoms with van der Waals surface area (Å²) < 4.78 is 23.0. The molecular weight excluding hydrogens is 829 g/mol. The zero-order valence-electron chi connectivity index (χ0n) is 43.2. The van der Waals surface area contributed by atoms with E-state index in [1.807, 2.05) is 0 Å². The number of allylic oxidation sites excluding steroid dienone is 4. The summed E-state index contributed by atoms with van der Waals surface area (Å²) in [5.74, 6) is -0.310. The lowest BCUT2D eigenvalue weighted by Gasteiger charge is -2.39. The largest absolute Gasteiger partial charge is 0.457 e. The summed E-state index contributed by atoms with van der Waals surface area (Å²) in [4.78, 5) is 12.9. The van der Waals surface area contributed by atoms with Gasteiger partial charge in [0, 0.05) is 13.0 Å². The fraction of sp³-hybridized carbons (Fsp3) is 0.912. The molecule has 9 heteroatoms. The molecule has 0 spiro atoms. The molecule has 0 aromatic rings. The van der Waals surface area contributed by atoms with Gasteiger partial charge in [-0.15, -0.1) is 0 Å². The minimum Gasteiger partial charge on any atom is -0.457 e. The second-order valence-electron chi connectivity index (χ2n) is 19.7. The van der Waals surface area contributed by atoms with Crippen molar-refractivity contribution in [1.82, 2.24) is 0 Å². The van der Waals surface area contributed by atoms with Crippen molar-refractivity contribution < 1.29 is 44.2 Å². The molecule has 0 aromatic heterocycles. The van der Waals surface area contributed by atoms with E-state index in [4.69, 9.17) is 18.9 Å². The quantitative estimate of drug-likeness (QED) is 0.0267. The Balaban J connectivity index is 2.15. The van der Waals surface area contributed by atoms with Gasteiger partial charge in [-0.05, 0) is 44.9 Å². The van der Waals surface area contributed by atoms with Crippen molar-refractivity contribution in [1.29, 1.82) is 0 Å². The molecule has 1 aliphatic heterocycles. The number of rotatable bonds is 50. The standard InChI is InChI=1S/C57H108O9/c1-3-5-7-9-11-13-15-17-19-21-23-25-26-27-28-30-32-34-36-38-40-42-44-46-53(59)65-51(50-64-57-56(62)55(61)54(60)52(48-58)66-57)49-63-47-45-43-41-39-37-35-33-31-29-24-22-20-18-16-14-12-10-8-6-4-2/h15,17,21,23,51-52,54-58,60-62H,3-14,16,18-20,22,24-50H2,1-2H3/b17-15-,23-21-. The number of aliphatic hydroxyl groups is 4. The molecule has 0 aliphatic carbocycles. The highest BCUT2D eigenvalue weighted by Crippen LogP contribution is 2.23. The minimum absolute atomic E-state index is 0.109. The van der Waals surface area contributed by atoms with Gasteiger partial charge in [-0.2, -0.15) is 0 Å². The number of unbranched alkanes of at least 4 members (excludes halogenated alkanes) is 35. The molecule has 1 rings (SSSR count). The van der Waals surface area contributed by atoms with E-state index in [9.17, 15) is 25.2 Å². The van der Waals surface area contributed by atoms with E-state index in [1.165, 1.54) is 212 Å². The number of carbonyl (C=O) groups is 1. The third-order valence-electron chi connectivity index (χ3n) is 13.4. The first-order chi connectivity index (χ1) is 32.4. The highest BCUT2D eigenvalue weighted by Gasteiger charge is 2.44. The van der Waals surface area contributed by atoms with Crippen molar-refractivity contribution in [2.75, 3.05) is 26.4 Å². The van der Waals surface area contributed by atoms with Crippen LogP contribution in [0.3, 0.4) is 0 Å². The van der Waals surface area contributed by atoms with Crippen LogP contribution in [0.2, 0.25) is 0 Å². The first-order valence-corrected chi connectivity index (χ1v) is 28.4. The van der Waals surface area contributed by atoms with Crippen molar-refractivity contribution in [3.63, 3.8) is 0 Å². The molecule has 66 heavy (non-hydrogen) atoms. The number of esters is 1. The molecule has 0 saturated carbocycles. The van der Waals surface area contributed by atoms with Crippen molar-refractivity contribution in [3.05, 3.63) is 24.3 Å². The Morgan fingerprint density at radius 2 is 0.879 bits per heavy atom. The van der Waals surface area contributed by atoms with Crippen LogP contribution >= 0.6 is 0 Å². The molecule has 4 N–H and O–H groups in total. The third-order valence-corrected chi connectivity index (χ3v) is 13.4. The van der Waals surface area contributed by atoms with Crippen LogP contribution in [-0.4, -0.2) is 89.6 Å². The molecular formula is C57H108O9. The Morgan fingerprint density at radius 1 is 0.485 bits per heavy atom. The van der Waals surface area contributed by atoms with Crippen molar-refractivity contribution in [3.8, 4) is 0 Å². The molecule has 1 aliphatic rings.